The van der Waals surface area contributed by atoms with Gasteiger partial charge in [-0.2, -0.15) is 5.26 Å². The van der Waals surface area contributed by atoms with E-state index in [1.165, 1.54) is 18.2 Å². The second-order valence-electron chi connectivity index (χ2n) is 6.57. The van der Waals surface area contributed by atoms with Gasteiger partial charge in [-0.3, -0.25) is 4.79 Å². The van der Waals surface area contributed by atoms with Crippen molar-refractivity contribution in [2.45, 2.75) is 13.5 Å². The predicted octanol–water partition coefficient (Wildman–Crippen LogP) is 5.35. The quantitative estimate of drug-likeness (QED) is 0.397. The standard InChI is InChI=1S/C25H21FN2O3/c1-2-30-23-13-9-22(10-14-23)28-25(29)20(16-27)15-18-5-11-24(12-6-18)31-17-19-3-7-21(26)8-4-19/h3-15H,2,17H2,1H3,(H,28,29)/b20-15+. The summed E-state index contributed by atoms with van der Waals surface area (Å²) in [4.78, 5) is 12.4. The Morgan fingerprint density at radius 2 is 1.58 bits per heavy atom. The van der Waals surface area contributed by atoms with Gasteiger partial charge in [-0.05, 0) is 72.7 Å². The van der Waals surface area contributed by atoms with E-state index in [1.807, 2.05) is 13.0 Å². The number of halogens is 1. The number of hydrogen-bond acceptors (Lipinski definition) is 4. The molecule has 3 rings (SSSR count). The van der Waals surface area contributed by atoms with Crippen molar-refractivity contribution in [3.8, 4) is 17.6 Å². The molecule has 0 saturated heterocycles. The van der Waals surface area contributed by atoms with Gasteiger partial charge < -0.3 is 14.8 Å². The highest BCUT2D eigenvalue weighted by atomic mass is 19.1. The Morgan fingerprint density at radius 1 is 0.968 bits per heavy atom. The van der Waals surface area contributed by atoms with Crippen molar-refractivity contribution in [1.82, 2.24) is 0 Å². The summed E-state index contributed by atoms with van der Waals surface area (Å²) < 4.78 is 24.0. The summed E-state index contributed by atoms with van der Waals surface area (Å²) in [5.41, 5.74) is 2.09. The number of hydrogen-bond donors (Lipinski definition) is 1. The van der Waals surface area contributed by atoms with Gasteiger partial charge in [0.05, 0.1) is 6.61 Å². The average molecular weight is 416 g/mol. The molecule has 0 aromatic heterocycles. The van der Waals surface area contributed by atoms with Crippen LogP contribution < -0.4 is 14.8 Å². The van der Waals surface area contributed by atoms with E-state index in [-0.39, 0.29) is 11.4 Å². The zero-order valence-electron chi connectivity index (χ0n) is 17.0. The maximum absolute atomic E-state index is 12.9. The molecule has 0 atom stereocenters. The van der Waals surface area contributed by atoms with E-state index in [1.54, 1.807) is 60.7 Å². The van der Waals surface area contributed by atoms with Gasteiger partial charge in [-0.25, -0.2) is 4.39 Å². The Bertz CT molecular complexity index is 1080. The van der Waals surface area contributed by atoms with Gasteiger partial charge in [-0.1, -0.05) is 24.3 Å². The first-order valence-electron chi connectivity index (χ1n) is 9.70. The predicted molar refractivity (Wildman–Crippen MR) is 117 cm³/mol. The number of nitrogens with zero attached hydrogens (tertiary/aromatic N) is 1. The minimum atomic E-state index is -0.497. The SMILES string of the molecule is CCOc1ccc(NC(=O)/C(C#N)=C/c2ccc(OCc3ccc(F)cc3)cc2)cc1. The lowest BCUT2D eigenvalue weighted by atomic mass is 10.1. The molecule has 156 valence electrons. The third kappa shape index (κ3) is 6.44. The van der Waals surface area contributed by atoms with Crippen LogP contribution in [-0.2, 0) is 11.4 Å². The molecule has 0 aliphatic heterocycles. The Kier molecular flexibility index (Phi) is 7.39. The number of rotatable bonds is 8. The zero-order chi connectivity index (χ0) is 22.1. The fourth-order valence-corrected chi connectivity index (χ4v) is 2.72. The largest absolute Gasteiger partial charge is 0.494 e. The number of ether oxygens (including phenoxy) is 2. The van der Waals surface area contributed by atoms with Crippen molar-refractivity contribution in [3.63, 3.8) is 0 Å². The summed E-state index contributed by atoms with van der Waals surface area (Å²) in [5, 5.41) is 12.1. The maximum atomic E-state index is 12.9. The lowest BCUT2D eigenvalue weighted by molar-refractivity contribution is -0.112. The van der Waals surface area contributed by atoms with Crippen LogP contribution in [-0.4, -0.2) is 12.5 Å². The van der Waals surface area contributed by atoms with Gasteiger partial charge in [0, 0.05) is 5.69 Å². The summed E-state index contributed by atoms with van der Waals surface area (Å²) >= 11 is 0. The molecular formula is C25H21FN2O3. The molecule has 0 saturated carbocycles. The molecule has 5 nitrogen and oxygen atoms in total. The van der Waals surface area contributed by atoms with Gasteiger partial charge in [0.1, 0.15) is 35.6 Å². The Hall–Kier alpha value is -4.11. The number of nitrogens with one attached hydrogen (secondary N) is 1. The number of anilines is 1. The first kappa shape index (κ1) is 21.6. The van der Waals surface area contributed by atoms with Crippen LogP contribution in [0, 0.1) is 17.1 Å². The minimum Gasteiger partial charge on any atom is -0.494 e. The Morgan fingerprint density at radius 3 is 2.19 bits per heavy atom. The Balaban J connectivity index is 1.61. The smallest absolute Gasteiger partial charge is 0.266 e. The first-order chi connectivity index (χ1) is 15.1. The molecular weight excluding hydrogens is 395 g/mol. The molecule has 0 radical (unpaired) electrons. The third-order valence-corrected chi connectivity index (χ3v) is 4.30. The maximum Gasteiger partial charge on any atom is 0.266 e. The summed E-state index contributed by atoms with van der Waals surface area (Å²) in [6.45, 7) is 2.76. The summed E-state index contributed by atoms with van der Waals surface area (Å²) in [7, 11) is 0. The van der Waals surface area contributed by atoms with E-state index in [4.69, 9.17) is 9.47 Å². The van der Waals surface area contributed by atoms with Crippen molar-refractivity contribution < 1.29 is 18.7 Å². The van der Waals surface area contributed by atoms with Crippen LogP contribution in [0.2, 0.25) is 0 Å². The second-order valence-corrected chi connectivity index (χ2v) is 6.57. The third-order valence-electron chi connectivity index (χ3n) is 4.30. The number of amides is 1. The lowest BCUT2D eigenvalue weighted by Crippen LogP contribution is -2.13. The van der Waals surface area contributed by atoms with Crippen LogP contribution in [0.15, 0.2) is 78.4 Å². The molecule has 3 aromatic rings. The lowest BCUT2D eigenvalue weighted by Gasteiger charge is -2.07. The summed E-state index contributed by atoms with van der Waals surface area (Å²) in [6, 6.07) is 21.9. The van der Waals surface area contributed by atoms with Crippen LogP contribution in [0.1, 0.15) is 18.1 Å². The van der Waals surface area contributed by atoms with Crippen molar-refractivity contribution >= 4 is 17.7 Å². The molecule has 0 bridgehead atoms. The minimum absolute atomic E-state index is 0.0196. The van der Waals surface area contributed by atoms with Crippen molar-refractivity contribution in [2.24, 2.45) is 0 Å². The van der Waals surface area contributed by atoms with Crippen LogP contribution in [0.3, 0.4) is 0 Å². The van der Waals surface area contributed by atoms with E-state index in [9.17, 15) is 14.4 Å². The van der Waals surface area contributed by atoms with Gasteiger partial charge in [0.25, 0.3) is 5.91 Å². The van der Waals surface area contributed by atoms with Crippen LogP contribution in [0.5, 0.6) is 11.5 Å². The van der Waals surface area contributed by atoms with E-state index in [0.29, 0.717) is 36.0 Å². The monoisotopic (exact) mass is 416 g/mol. The van der Waals surface area contributed by atoms with E-state index < -0.39 is 5.91 Å². The van der Waals surface area contributed by atoms with E-state index >= 15 is 0 Å². The van der Waals surface area contributed by atoms with E-state index in [2.05, 4.69) is 5.32 Å². The average Bonchev–Trinajstić information content (AvgIpc) is 2.79. The topological polar surface area (TPSA) is 71.3 Å². The summed E-state index contributed by atoms with van der Waals surface area (Å²) in [5.74, 6) is 0.542. The van der Waals surface area contributed by atoms with Gasteiger partial charge >= 0.3 is 0 Å². The molecule has 0 unspecified atom stereocenters. The highest BCUT2D eigenvalue weighted by molar-refractivity contribution is 6.09. The number of nitriles is 1. The Labute approximate surface area is 180 Å². The highest BCUT2D eigenvalue weighted by Crippen LogP contribution is 2.19. The molecule has 0 heterocycles. The normalized spacial score (nSPS) is 10.8. The van der Waals surface area contributed by atoms with Crippen molar-refractivity contribution in [2.75, 3.05) is 11.9 Å². The second kappa shape index (κ2) is 10.6. The molecule has 31 heavy (non-hydrogen) atoms. The fourth-order valence-electron chi connectivity index (χ4n) is 2.72. The molecule has 1 N–H and O–H groups in total. The van der Waals surface area contributed by atoms with Crippen molar-refractivity contribution in [3.05, 3.63) is 95.3 Å². The highest BCUT2D eigenvalue weighted by Gasteiger charge is 2.10. The van der Waals surface area contributed by atoms with Gasteiger partial charge in [0.2, 0.25) is 0 Å². The number of carbonyl (C=O) groups is 1. The fraction of sp³-hybridized carbons (Fsp3) is 0.120. The molecule has 1 amide bonds. The first-order valence-corrected chi connectivity index (χ1v) is 9.70. The van der Waals surface area contributed by atoms with Crippen LogP contribution >= 0.6 is 0 Å². The van der Waals surface area contributed by atoms with Crippen LogP contribution in [0.4, 0.5) is 10.1 Å². The molecule has 0 aliphatic rings. The molecule has 0 fully saturated rings. The molecule has 6 heteroatoms. The van der Waals surface area contributed by atoms with E-state index in [0.717, 1.165) is 5.56 Å². The van der Waals surface area contributed by atoms with Crippen LogP contribution in [0.25, 0.3) is 6.08 Å². The zero-order valence-corrected chi connectivity index (χ0v) is 17.0. The number of carbonyl (C=O) groups excluding carboxylic acids is 1. The van der Waals surface area contributed by atoms with Gasteiger partial charge in [-0.15, -0.1) is 0 Å². The van der Waals surface area contributed by atoms with Crippen molar-refractivity contribution in [1.29, 1.82) is 5.26 Å². The summed E-state index contributed by atoms with van der Waals surface area (Å²) in [6.07, 6.45) is 1.51. The van der Waals surface area contributed by atoms with Gasteiger partial charge in [0.15, 0.2) is 0 Å². The molecule has 0 spiro atoms. The number of benzene rings is 3. The molecule has 3 aromatic carbocycles. The molecule has 0 aliphatic carbocycles.